The number of hydrogen-bond acceptors (Lipinski definition) is 5. The van der Waals surface area contributed by atoms with Gasteiger partial charge < -0.3 is 14.5 Å². The van der Waals surface area contributed by atoms with E-state index in [0.717, 1.165) is 16.1 Å². The lowest BCUT2D eigenvalue weighted by atomic mass is 10.1. The number of nitrogens with zero attached hydrogens (tertiary/aromatic N) is 1. The van der Waals surface area contributed by atoms with Crippen molar-refractivity contribution in [3.8, 4) is 5.75 Å². The Bertz CT molecular complexity index is 841. The Morgan fingerprint density at radius 3 is 2.95 bits per heavy atom. The van der Waals surface area contributed by atoms with Crippen LogP contribution in [-0.4, -0.2) is 18.0 Å². The topological polar surface area (TPSA) is 64.4 Å². The lowest BCUT2D eigenvalue weighted by Crippen LogP contribution is -2.22. The molecule has 3 rings (SSSR count). The zero-order valence-corrected chi connectivity index (χ0v) is 14.4. The average Bonchev–Trinajstić information content (AvgIpc) is 3.08. The molecule has 1 aromatic carbocycles. The van der Waals surface area contributed by atoms with Crippen molar-refractivity contribution < 1.29 is 13.9 Å². The molecular formula is C15H13BrN2O3S. The van der Waals surface area contributed by atoms with Gasteiger partial charge >= 0.3 is 0 Å². The lowest BCUT2D eigenvalue weighted by molar-refractivity contribution is 0.0950. The van der Waals surface area contributed by atoms with Gasteiger partial charge in [-0.05, 0) is 35.0 Å². The van der Waals surface area contributed by atoms with E-state index in [-0.39, 0.29) is 5.91 Å². The number of nitrogens with one attached hydrogen (secondary N) is 1. The maximum absolute atomic E-state index is 12.3. The highest BCUT2D eigenvalue weighted by atomic mass is 79.9. The number of rotatable bonds is 4. The maximum atomic E-state index is 12.3. The first kappa shape index (κ1) is 15.1. The zero-order chi connectivity index (χ0) is 15.7. The number of furan rings is 1. The summed E-state index contributed by atoms with van der Waals surface area (Å²) >= 11 is 4.81. The number of hydrogen-bond donors (Lipinski definition) is 1. The first-order valence-corrected chi connectivity index (χ1v) is 8.20. The van der Waals surface area contributed by atoms with Gasteiger partial charge in [0, 0.05) is 22.7 Å². The van der Waals surface area contributed by atoms with E-state index in [9.17, 15) is 4.79 Å². The first-order valence-electron chi connectivity index (χ1n) is 6.53. The fourth-order valence-corrected chi connectivity index (χ4v) is 3.23. The molecule has 0 aliphatic heterocycles. The zero-order valence-electron chi connectivity index (χ0n) is 12.0. The van der Waals surface area contributed by atoms with Crippen LogP contribution in [0.5, 0.6) is 5.75 Å². The molecule has 0 fully saturated rings. The third kappa shape index (κ3) is 3.00. The number of halogens is 1. The summed E-state index contributed by atoms with van der Waals surface area (Å²) < 4.78 is 11.4. The lowest BCUT2D eigenvalue weighted by Gasteiger charge is -2.06. The minimum absolute atomic E-state index is 0.194. The molecule has 0 aliphatic carbocycles. The van der Waals surface area contributed by atoms with Gasteiger partial charge in [-0.15, -0.1) is 11.3 Å². The molecule has 22 heavy (non-hydrogen) atoms. The van der Waals surface area contributed by atoms with E-state index in [1.807, 2.05) is 18.4 Å². The molecule has 2 heterocycles. The maximum Gasteiger partial charge on any atom is 0.251 e. The molecule has 0 bridgehead atoms. The Morgan fingerprint density at radius 2 is 2.27 bits per heavy atom. The molecule has 7 heteroatoms. The van der Waals surface area contributed by atoms with Crippen LogP contribution in [0.2, 0.25) is 0 Å². The van der Waals surface area contributed by atoms with Gasteiger partial charge in [0.2, 0.25) is 0 Å². The normalized spacial score (nSPS) is 10.9. The molecule has 0 radical (unpaired) electrons. The van der Waals surface area contributed by atoms with Crippen molar-refractivity contribution in [3.05, 3.63) is 44.5 Å². The number of aromatic nitrogens is 1. The van der Waals surface area contributed by atoms with Crippen LogP contribution in [0.3, 0.4) is 0 Å². The molecule has 5 nitrogen and oxygen atoms in total. The van der Waals surface area contributed by atoms with Crippen molar-refractivity contribution in [3.63, 3.8) is 0 Å². The van der Waals surface area contributed by atoms with Crippen molar-refractivity contribution in [1.29, 1.82) is 0 Å². The molecule has 0 saturated carbocycles. The molecule has 1 N–H and O–H groups in total. The first-order chi connectivity index (χ1) is 10.6. The van der Waals surface area contributed by atoms with Gasteiger partial charge in [-0.2, -0.15) is 0 Å². The fourth-order valence-electron chi connectivity index (χ4n) is 2.12. The van der Waals surface area contributed by atoms with E-state index in [1.54, 1.807) is 19.2 Å². The molecule has 114 valence electrons. The number of carbonyl (C=O) groups excluding carboxylic acids is 1. The summed E-state index contributed by atoms with van der Waals surface area (Å²) in [6, 6.07) is 5.21. The Labute approximate surface area is 139 Å². The van der Waals surface area contributed by atoms with E-state index in [1.165, 1.54) is 11.3 Å². The van der Waals surface area contributed by atoms with Gasteiger partial charge in [-0.25, -0.2) is 4.98 Å². The van der Waals surface area contributed by atoms with Gasteiger partial charge in [0.1, 0.15) is 16.3 Å². The standard InChI is InChI=1S/C15H13BrN2O3S/c1-8-7-22-14(18-8)6-17-15(19)9-3-11(20-2)10-5-13(16)21-12(10)4-9/h3-5,7H,6H2,1-2H3,(H,17,19). The van der Waals surface area contributed by atoms with E-state index >= 15 is 0 Å². The minimum Gasteiger partial charge on any atom is -0.496 e. The predicted octanol–water partition coefficient (Wildman–Crippen LogP) is 3.90. The molecule has 0 spiro atoms. The van der Waals surface area contributed by atoms with E-state index < -0.39 is 0 Å². The Balaban J connectivity index is 1.83. The second-order valence-electron chi connectivity index (χ2n) is 4.71. The minimum atomic E-state index is -0.194. The molecule has 0 saturated heterocycles. The molecule has 0 aliphatic rings. The number of methoxy groups -OCH3 is 1. The van der Waals surface area contributed by atoms with Crippen molar-refractivity contribution >= 4 is 44.1 Å². The molecule has 2 aromatic heterocycles. The van der Waals surface area contributed by atoms with Crippen molar-refractivity contribution in [2.24, 2.45) is 0 Å². The highest BCUT2D eigenvalue weighted by molar-refractivity contribution is 9.10. The van der Waals surface area contributed by atoms with Crippen LogP contribution < -0.4 is 10.1 Å². The van der Waals surface area contributed by atoms with Crippen LogP contribution in [0.25, 0.3) is 11.0 Å². The summed E-state index contributed by atoms with van der Waals surface area (Å²) in [7, 11) is 1.57. The number of amides is 1. The number of fused-ring (bicyclic) bond motifs is 1. The largest absolute Gasteiger partial charge is 0.496 e. The molecule has 3 aromatic rings. The Morgan fingerprint density at radius 1 is 1.45 bits per heavy atom. The number of ether oxygens (including phenoxy) is 1. The van der Waals surface area contributed by atoms with Gasteiger partial charge in [0.15, 0.2) is 4.67 Å². The van der Waals surface area contributed by atoms with Crippen molar-refractivity contribution in [2.75, 3.05) is 7.11 Å². The monoisotopic (exact) mass is 380 g/mol. The second kappa shape index (κ2) is 6.10. The van der Waals surface area contributed by atoms with Crippen molar-refractivity contribution in [1.82, 2.24) is 10.3 Å². The fraction of sp³-hybridized carbons (Fsp3) is 0.200. The van der Waals surface area contributed by atoms with Crippen molar-refractivity contribution in [2.45, 2.75) is 13.5 Å². The number of benzene rings is 1. The summed E-state index contributed by atoms with van der Waals surface area (Å²) in [5, 5.41) is 6.50. The SMILES string of the molecule is COc1cc(C(=O)NCc2nc(C)cs2)cc2oc(Br)cc12. The smallest absolute Gasteiger partial charge is 0.251 e. The van der Waals surface area contributed by atoms with Gasteiger partial charge in [-0.1, -0.05) is 0 Å². The van der Waals surface area contributed by atoms with Crippen LogP contribution in [0.15, 0.2) is 32.7 Å². The van der Waals surface area contributed by atoms with Gasteiger partial charge in [-0.3, -0.25) is 4.79 Å². The third-order valence-electron chi connectivity index (χ3n) is 3.12. The second-order valence-corrected chi connectivity index (χ2v) is 6.43. The summed E-state index contributed by atoms with van der Waals surface area (Å²) in [5.41, 5.74) is 2.04. The third-order valence-corrected chi connectivity index (χ3v) is 4.48. The number of thiazole rings is 1. The molecule has 0 atom stereocenters. The van der Waals surface area contributed by atoms with E-state index in [4.69, 9.17) is 9.15 Å². The van der Waals surface area contributed by atoms with Crippen LogP contribution in [0.4, 0.5) is 0 Å². The van der Waals surface area contributed by atoms with Crippen LogP contribution in [-0.2, 0) is 6.54 Å². The van der Waals surface area contributed by atoms with Crippen LogP contribution in [0, 0.1) is 6.92 Å². The summed E-state index contributed by atoms with van der Waals surface area (Å²) in [6.45, 7) is 2.33. The van der Waals surface area contributed by atoms with E-state index in [0.29, 0.717) is 28.1 Å². The van der Waals surface area contributed by atoms with E-state index in [2.05, 4.69) is 26.2 Å². The summed E-state index contributed by atoms with van der Waals surface area (Å²) in [5.74, 6) is 0.405. The quantitative estimate of drug-likeness (QED) is 0.745. The van der Waals surface area contributed by atoms with Crippen LogP contribution in [0.1, 0.15) is 21.1 Å². The number of carbonyl (C=O) groups is 1. The summed E-state index contributed by atoms with van der Waals surface area (Å²) in [6.07, 6.45) is 0. The number of aryl methyl sites for hydroxylation is 1. The van der Waals surface area contributed by atoms with Crippen LogP contribution >= 0.6 is 27.3 Å². The van der Waals surface area contributed by atoms with Gasteiger partial charge in [0.25, 0.3) is 5.91 Å². The summed E-state index contributed by atoms with van der Waals surface area (Å²) in [4.78, 5) is 16.6. The van der Waals surface area contributed by atoms with Gasteiger partial charge in [0.05, 0.1) is 19.0 Å². The Hall–Kier alpha value is -1.86. The predicted molar refractivity (Wildman–Crippen MR) is 88.5 cm³/mol. The molecule has 0 unspecified atom stereocenters. The highest BCUT2D eigenvalue weighted by Gasteiger charge is 2.14. The molecular weight excluding hydrogens is 368 g/mol. The Kier molecular flexibility index (Phi) is 4.17. The average molecular weight is 381 g/mol. The molecule has 1 amide bonds. The highest BCUT2D eigenvalue weighted by Crippen LogP contribution is 2.32.